The molecule has 2 aromatic carbocycles. The zero-order chi connectivity index (χ0) is 25.3. The Morgan fingerprint density at radius 2 is 1.62 bits per heavy atom. The van der Waals surface area contributed by atoms with Gasteiger partial charge in [-0.1, -0.05) is 42.5 Å². The van der Waals surface area contributed by atoms with E-state index >= 15 is 0 Å². The molecule has 2 rings (SSSR count). The fourth-order valence-electron chi connectivity index (χ4n) is 3.59. The first-order valence-corrected chi connectivity index (χ1v) is 13.1. The van der Waals surface area contributed by atoms with Gasteiger partial charge in [-0.25, -0.2) is 8.42 Å². The molecule has 186 valence electrons. The van der Waals surface area contributed by atoms with E-state index < -0.39 is 16.1 Å². The molecule has 0 radical (unpaired) electrons. The summed E-state index contributed by atoms with van der Waals surface area (Å²) in [5, 5.41) is 2.86. The summed E-state index contributed by atoms with van der Waals surface area (Å²) in [7, 11) is -2.12. The van der Waals surface area contributed by atoms with Gasteiger partial charge in [0, 0.05) is 25.6 Å². The summed E-state index contributed by atoms with van der Waals surface area (Å²) < 4.78 is 31.5. The minimum Gasteiger partial charge on any atom is -0.495 e. The molecule has 0 saturated carbocycles. The number of hydrogen-bond acceptors (Lipinski definition) is 5. The molecule has 0 spiro atoms. The molecule has 0 fully saturated rings. The van der Waals surface area contributed by atoms with Gasteiger partial charge in [-0.05, 0) is 44.9 Å². The lowest BCUT2D eigenvalue weighted by molar-refractivity contribution is -0.140. The number of nitrogens with zero attached hydrogens (tertiary/aromatic N) is 2. The van der Waals surface area contributed by atoms with Gasteiger partial charge < -0.3 is 15.0 Å². The van der Waals surface area contributed by atoms with Gasteiger partial charge in [-0.15, -0.1) is 0 Å². The number of methoxy groups -OCH3 is 1. The molecule has 1 N–H and O–H groups in total. The third kappa shape index (κ3) is 7.76. The van der Waals surface area contributed by atoms with Crippen LogP contribution in [-0.4, -0.2) is 57.1 Å². The third-order valence-corrected chi connectivity index (χ3v) is 6.48. The van der Waals surface area contributed by atoms with Gasteiger partial charge in [0.15, 0.2) is 0 Å². The number of benzene rings is 2. The molecule has 9 heteroatoms. The van der Waals surface area contributed by atoms with Crippen molar-refractivity contribution < 1.29 is 22.7 Å². The minimum absolute atomic E-state index is 0.0483. The molecular formula is C25H35N3O5S. The van der Waals surface area contributed by atoms with Crippen molar-refractivity contribution in [2.45, 2.75) is 52.2 Å². The molecule has 0 aliphatic heterocycles. The second-order valence-electron chi connectivity index (χ2n) is 8.46. The number of anilines is 1. The molecule has 0 aliphatic rings. The van der Waals surface area contributed by atoms with E-state index in [0.717, 1.165) is 11.8 Å². The van der Waals surface area contributed by atoms with Gasteiger partial charge in [0.25, 0.3) is 0 Å². The molecule has 8 nitrogen and oxygen atoms in total. The molecule has 0 unspecified atom stereocenters. The Labute approximate surface area is 202 Å². The average molecular weight is 490 g/mol. The Morgan fingerprint density at radius 3 is 2.21 bits per heavy atom. The van der Waals surface area contributed by atoms with Crippen molar-refractivity contribution in [1.29, 1.82) is 0 Å². The van der Waals surface area contributed by atoms with Crippen LogP contribution in [0.2, 0.25) is 0 Å². The molecule has 34 heavy (non-hydrogen) atoms. The van der Waals surface area contributed by atoms with E-state index in [1.54, 1.807) is 36.1 Å². The highest BCUT2D eigenvalue weighted by atomic mass is 32.2. The lowest BCUT2D eigenvalue weighted by Gasteiger charge is -2.30. The molecule has 2 amide bonds. The van der Waals surface area contributed by atoms with E-state index in [4.69, 9.17) is 4.74 Å². The lowest BCUT2D eigenvalue weighted by Crippen LogP contribution is -2.49. The van der Waals surface area contributed by atoms with Crippen molar-refractivity contribution in [2.75, 3.05) is 24.2 Å². The van der Waals surface area contributed by atoms with Crippen LogP contribution >= 0.6 is 0 Å². The van der Waals surface area contributed by atoms with Crippen LogP contribution in [0.3, 0.4) is 0 Å². The second kappa shape index (κ2) is 12.4. The maximum Gasteiger partial charge on any atom is 0.242 e. The molecule has 0 heterocycles. The molecule has 0 aliphatic carbocycles. The van der Waals surface area contributed by atoms with Crippen LogP contribution in [0.5, 0.6) is 5.75 Å². The van der Waals surface area contributed by atoms with Crippen LogP contribution in [0, 0.1) is 0 Å². The van der Waals surface area contributed by atoms with E-state index in [2.05, 4.69) is 5.32 Å². The second-order valence-corrected chi connectivity index (χ2v) is 10.4. The largest absolute Gasteiger partial charge is 0.495 e. The van der Waals surface area contributed by atoms with Crippen LogP contribution in [-0.2, 0) is 26.2 Å². The number of carbonyl (C=O) groups is 2. The zero-order valence-electron chi connectivity index (χ0n) is 20.5. The highest BCUT2D eigenvalue weighted by Gasteiger charge is 2.27. The summed E-state index contributed by atoms with van der Waals surface area (Å²) in [5.74, 6) is -0.0151. The molecular weight excluding hydrogens is 454 g/mol. The molecule has 2 aromatic rings. The number of carbonyl (C=O) groups excluding carboxylic acids is 2. The third-order valence-electron chi connectivity index (χ3n) is 5.30. The predicted molar refractivity (Wildman–Crippen MR) is 134 cm³/mol. The quantitative estimate of drug-likeness (QED) is 0.494. The molecule has 0 saturated heterocycles. The average Bonchev–Trinajstić information content (AvgIpc) is 2.79. The number of sulfonamides is 1. The topological polar surface area (TPSA) is 96.0 Å². The Kier molecular flexibility index (Phi) is 9.92. The SMILES string of the molecule is COc1ccccc1N(CCCC(=O)N(Cc1ccccc1)[C@H](C)C(=O)NC(C)C)S(C)(=O)=O. The summed E-state index contributed by atoms with van der Waals surface area (Å²) in [6, 6.07) is 15.6. The Morgan fingerprint density at radius 1 is 1.00 bits per heavy atom. The van der Waals surface area contributed by atoms with Gasteiger partial charge in [0.2, 0.25) is 21.8 Å². The summed E-state index contributed by atoms with van der Waals surface area (Å²) in [6.07, 6.45) is 1.50. The monoisotopic (exact) mass is 489 g/mol. The van der Waals surface area contributed by atoms with E-state index in [1.165, 1.54) is 11.4 Å². The van der Waals surface area contributed by atoms with Crippen LogP contribution in [0.4, 0.5) is 5.69 Å². The van der Waals surface area contributed by atoms with Gasteiger partial charge in [-0.3, -0.25) is 13.9 Å². The van der Waals surface area contributed by atoms with Gasteiger partial charge in [0.1, 0.15) is 11.8 Å². The van der Waals surface area contributed by atoms with Crippen LogP contribution < -0.4 is 14.4 Å². The van der Waals surface area contributed by atoms with Crippen molar-refractivity contribution in [3.05, 3.63) is 60.2 Å². The lowest BCUT2D eigenvalue weighted by atomic mass is 10.1. The summed E-state index contributed by atoms with van der Waals surface area (Å²) in [6.45, 7) is 5.83. The summed E-state index contributed by atoms with van der Waals surface area (Å²) in [5.41, 5.74) is 1.33. The minimum atomic E-state index is -3.60. The number of ether oxygens (including phenoxy) is 1. The molecule has 0 aromatic heterocycles. The maximum absolute atomic E-state index is 13.2. The standard InChI is InChI=1S/C25H35N3O5S/c1-19(2)26-25(30)20(3)27(18-21-12-7-6-8-13-21)24(29)16-11-17-28(34(5,31)32)22-14-9-10-15-23(22)33-4/h6-10,12-15,19-20H,11,16-18H2,1-5H3,(H,26,30)/t20-/m1/s1. The fourth-order valence-corrected chi connectivity index (χ4v) is 4.55. The van der Waals surface area contributed by atoms with Gasteiger partial charge in [0.05, 0.1) is 19.1 Å². The van der Waals surface area contributed by atoms with Crippen molar-refractivity contribution in [3.63, 3.8) is 0 Å². The van der Waals surface area contributed by atoms with Gasteiger partial charge >= 0.3 is 0 Å². The van der Waals surface area contributed by atoms with Crippen LogP contribution in [0.25, 0.3) is 0 Å². The summed E-state index contributed by atoms with van der Waals surface area (Å²) >= 11 is 0. The smallest absolute Gasteiger partial charge is 0.242 e. The predicted octanol–water partition coefficient (Wildman–Crippen LogP) is 3.18. The number of nitrogens with one attached hydrogen (secondary N) is 1. The molecule has 1 atom stereocenters. The summed E-state index contributed by atoms with van der Waals surface area (Å²) in [4.78, 5) is 27.4. The van der Waals surface area contributed by atoms with E-state index in [9.17, 15) is 18.0 Å². The van der Waals surface area contributed by atoms with E-state index in [0.29, 0.717) is 11.4 Å². The Bertz CT molecular complexity index is 1060. The van der Waals surface area contributed by atoms with Gasteiger partial charge in [-0.2, -0.15) is 0 Å². The number of rotatable bonds is 12. The normalized spacial score (nSPS) is 12.2. The number of amides is 2. The van der Waals surface area contributed by atoms with Crippen molar-refractivity contribution in [1.82, 2.24) is 10.2 Å². The van der Waals surface area contributed by atoms with Crippen LogP contribution in [0.1, 0.15) is 39.2 Å². The fraction of sp³-hybridized carbons (Fsp3) is 0.440. The van der Waals surface area contributed by atoms with Crippen molar-refractivity contribution >= 4 is 27.5 Å². The van der Waals surface area contributed by atoms with Crippen molar-refractivity contribution in [2.24, 2.45) is 0 Å². The first-order chi connectivity index (χ1) is 16.0. The Balaban J connectivity index is 2.17. The van der Waals surface area contributed by atoms with Crippen molar-refractivity contribution in [3.8, 4) is 5.75 Å². The van der Waals surface area contributed by atoms with E-state index in [1.807, 2.05) is 44.2 Å². The number of para-hydroxylation sites is 2. The highest BCUT2D eigenvalue weighted by Crippen LogP contribution is 2.29. The zero-order valence-corrected chi connectivity index (χ0v) is 21.3. The molecule has 0 bridgehead atoms. The van der Waals surface area contributed by atoms with E-state index in [-0.39, 0.29) is 43.8 Å². The number of hydrogen-bond donors (Lipinski definition) is 1. The first kappa shape index (κ1) is 27.2. The Hall–Kier alpha value is -3.07. The highest BCUT2D eigenvalue weighted by molar-refractivity contribution is 7.92. The first-order valence-electron chi connectivity index (χ1n) is 11.3. The van der Waals surface area contributed by atoms with Crippen LogP contribution in [0.15, 0.2) is 54.6 Å². The maximum atomic E-state index is 13.2.